The summed E-state index contributed by atoms with van der Waals surface area (Å²) in [5.74, 6) is -0.248. The Morgan fingerprint density at radius 1 is 1.32 bits per heavy atom. The number of rotatable bonds is 4. The molecule has 0 atom stereocenters. The van der Waals surface area contributed by atoms with Crippen LogP contribution in [-0.4, -0.2) is 16.1 Å². The minimum absolute atomic E-state index is 0.00831. The van der Waals surface area contributed by atoms with Crippen LogP contribution in [0, 0.1) is 12.7 Å². The van der Waals surface area contributed by atoms with E-state index in [2.05, 4.69) is 10.1 Å². The van der Waals surface area contributed by atoms with Gasteiger partial charge in [-0.15, -0.1) is 0 Å². The molecule has 0 aliphatic carbocycles. The third-order valence-corrected chi connectivity index (χ3v) is 3.28. The Morgan fingerprint density at radius 2 is 2.09 bits per heavy atom. The van der Waals surface area contributed by atoms with Crippen molar-refractivity contribution in [3.05, 3.63) is 65.4 Å². The SMILES string of the molecule is Cc1c(COC(=O)c2ccc[nH]2)noc1-c1ccc(F)cc1. The van der Waals surface area contributed by atoms with Crippen LogP contribution in [-0.2, 0) is 11.3 Å². The molecule has 3 aromatic rings. The van der Waals surface area contributed by atoms with E-state index in [1.165, 1.54) is 12.1 Å². The molecule has 3 rings (SSSR count). The smallest absolute Gasteiger partial charge is 0.355 e. The molecule has 0 bridgehead atoms. The van der Waals surface area contributed by atoms with Gasteiger partial charge in [0.2, 0.25) is 0 Å². The number of benzene rings is 1. The molecular formula is C16H13FN2O3. The van der Waals surface area contributed by atoms with Gasteiger partial charge in [-0.1, -0.05) is 5.16 Å². The van der Waals surface area contributed by atoms with E-state index >= 15 is 0 Å². The van der Waals surface area contributed by atoms with Gasteiger partial charge in [-0.2, -0.15) is 0 Å². The molecule has 0 aliphatic heterocycles. The van der Waals surface area contributed by atoms with Gasteiger partial charge in [0.05, 0.1) is 0 Å². The number of halogens is 1. The van der Waals surface area contributed by atoms with Crippen LogP contribution in [0.4, 0.5) is 4.39 Å². The molecule has 22 heavy (non-hydrogen) atoms. The summed E-state index contributed by atoms with van der Waals surface area (Å²) in [5.41, 5.74) is 2.37. The maximum absolute atomic E-state index is 12.9. The lowest BCUT2D eigenvalue weighted by molar-refractivity contribution is 0.0457. The molecule has 0 unspecified atom stereocenters. The third-order valence-electron chi connectivity index (χ3n) is 3.28. The van der Waals surface area contributed by atoms with Crippen LogP contribution in [0.5, 0.6) is 0 Å². The summed E-state index contributed by atoms with van der Waals surface area (Å²) in [6.45, 7) is 1.82. The highest BCUT2D eigenvalue weighted by molar-refractivity contribution is 5.87. The number of esters is 1. The van der Waals surface area contributed by atoms with Gasteiger partial charge in [0.25, 0.3) is 0 Å². The molecule has 0 spiro atoms. The lowest BCUT2D eigenvalue weighted by Crippen LogP contribution is -2.06. The molecule has 0 radical (unpaired) electrons. The highest BCUT2D eigenvalue weighted by Crippen LogP contribution is 2.26. The van der Waals surface area contributed by atoms with Crippen LogP contribution in [0.2, 0.25) is 0 Å². The van der Waals surface area contributed by atoms with Crippen molar-refractivity contribution in [2.24, 2.45) is 0 Å². The van der Waals surface area contributed by atoms with Gasteiger partial charge in [-0.05, 0) is 43.3 Å². The summed E-state index contributed by atoms with van der Waals surface area (Å²) >= 11 is 0. The predicted octanol–water partition coefficient (Wildman–Crippen LogP) is 3.47. The van der Waals surface area contributed by atoms with Crippen molar-refractivity contribution in [2.75, 3.05) is 0 Å². The summed E-state index contributed by atoms with van der Waals surface area (Å²) in [5, 5.41) is 3.91. The largest absolute Gasteiger partial charge is 0.454 e. The molecule has 0 aliphatic rings. The second kappa shape index (κ2) is 5.85. The van der Waals surface area contributed by atoms with Crippen molar-refractivity contribution in [3.8, 4) is 11.3 Å². The topological polar surface area (TPSA) is 68.1 Å². The fraction of sp³-hybridized carbons (Fsp3) is 0.125. The number of nitrogens with zero attached hydrogens (tertiary/aromatic N) is 1. The van der Waals surface area contributed by atoms with Crippen molar-refractivity contribution in [2.45, 2.75) is 13.5 Å². The van der Waals surface area contributed by atoms with Gasteiger partial charge >= 0.3 is 5.97 Å². The Labute approximate surface area is 125 Å². The van der Waals surface area contributed by atoms with Crippen molar-refractivity contribution >= 4 is 5.97 Å². The molecule has 2 aromatic heterocycles. The fourth-order valence-electron chi connectivity index (χ4n) is 2.04. The maximum Gasteiger partial charge on any atom is 0.355 e. The molecule has 1 aromatic carbocycles. The molecule has 6 heteroatoms. The number of aromatic amines is 1. The number of carbonyl (C=O) groups excluding carboxylic acids is 1. The summed E-state index contributed by atoms with van der Waals surface area (Å²) in [6.07, 6.45) is 1.64. The summed E-state index contributed by atoms with van der Waals surface area (Å²) < 4.78 is 23.4. The van der Waals surface area contributed by atoms with Gasteiger partial charge in [0, 0.05) is 17.3 Å². The van der Waals surface area contributed by atoms with Crippen molar-refractivity contribution in [1.29, 1.82) is 0 Å². The summed E-state index contributed by atoms with van der Waals surface area (Å²) in [7, 11) is 0. The first-order valence-corrected chi connectivity index (χ1v) is 6.67. The number of ether oxygens (including phenoxy) is 1. The fourth-order valence-corrected chi connectivity index (χ4v) is 2.04. The summed E-state index contributed by atoms with van der Waals surface area (Å²) in [4.78, 5) is 14.5. The number of carbonyl (C=O) groups is 1. The van der Waals surface area contributed by atoms with Gasteiger partial charge in [0.1, 0.15) is 23.8 Å². The third kappa shape index (κ3) is 2.76. The Balaban J connectivity index is 1.73. The molecule has 5 nitrogen and oxygen atoms in total. The first-order chi connectivity index (χ1) is 10.6. The highest BCUT2D eigenvalue weighted by Gasteiger charge is 2.16. The zero-order valence-corrected chi connectivity index (χ0v) is 11.8. The Kier molecular flexibility index (Phi) is 3.74. The lowest BCUT2D eigenvalue weighted by Gasteiger charge is -2.01. The lowest BCUT2D eigenvalue weighted by atomic mass is 10.1. The van der Waals surface area contributed by atoms with Crippen molar-refractivity contribution < 1.29 is 18.4 Å². The Morgan fingerprint density at radius 3 is 2.77 bits per heavy atom. The molecule has 0 amide bonds. The van der Waals surface area contributed by atoms with E-state index in [-0.39, 0.29) is 12.4 Å². The molecule has 1 N–H and O–H groups in total. The minimum atomic E-state index is -0.462. The van der Waals surface area contributed by atoms with Crippen LogP contribution >= 0.6 is 0 Å². The predicted molar refractivity (Wildman–Crippen MR) is 76.5 cm³/mol. The van der Waals surface area contributed by atoms with Crippen LogP contribution in [0.15, 0.2) is 47.1 Å². The zero-order valence-electron chi connectivity index (χ0n) is 11.8. The van der Waals surface area contributed by atoms with E-state index in [0.29, 0.717) is 22.7 Å². The van der Waals surface area contributed by atoms with E-state index in [9.17, 15) is 9.18 Å². The van der Waals surface area contributed by atoms with Crippen LogP contribution in [0.3, 0.4) is 0 Å². The Bertz CT molecular complexity index is 776. The number of hydrogen-bond donors (Lipinski definition) is 1. The van der Waals surface area contributed by atoms with Gasteiger partial charge in [-0.25, -0.2) is 9.18 Å². The molecule has 112 valence electrons. The number of nitrogens with one attached hydrogen (secondary N) is 1. The molecule has 2 heterocycles. The number of aromatic nitrogens is 2. The average Bonchev–Trinajstić information content (AvgIpc) is 3.16. The second-order valence-electron chi connectivity index (χ2n) is 4.75. The van der Waals surface area contributed by atoms with E-state index < -0.39 is 5.97 Å². The normalized spacial score (nSPS) is 10.6. The number of H-pyrrole nitrogens is 1. The average molecular weight is 300 g/mol. The highest BCUT2D eigenvalue weighted by atomic mass is 19.1. The minimum Gasteiger partial charge on any atom is -0.454 e. The first kappa shape index (κ1) is 14.1. The quantitative estimate of drug-likeness (QED) is 0.749. The molecular weight excluding hydrogens is 287 g/mol. The molecule has 0 saturated heterocycles. The molecule has 0 fully saturated rings. The van der Waals surface area contributed by atoms with Gasteiger partial charge < -0.3 is 14.2 Å². The zero-order chi connectivity index (χ0) is 15.5. The van der Waals surface area contributed by atoms with Crippen LogP contribution < -0.4 is 0 Å². The van der Waals surface area contributed by atoms with Crippen molar-refractivity contribution in [1.82, 2.24) is 10.1 Å². The van der Waals surface area contributed by atoms with Crippen LogP contribution in [0.1, 0.15) is 21.7 Å². The maximum atomic E-state index is 12.9. The van der Waals surface area contributed by atoms with E-state index in [1.807, 2.05) is 6.92 Å². The van der Waals surface area contributed by atoms with E-state index in [1.54, 1.807) is 30.5 Å². The molecule has 0 saturated carbocycles. The van der Waals surface area contributed by atoms with E-state index in [0.717, 1.165) is 5.56 Å². The van der Waals surface area contributed by atoms with Gasteiger partial charge in [-0.3, -0.25) is 0 Å². The monoisotopic (exact) mass is 300 g/mol. The number of hydrogen-bond acceptors (Lipinski definition) is 4. The van der Waals surface area contributed by atoms with Crippen LogP contribution in [0.25, 0.3) is 11.3 Å². The Hall–Kier alpha value is -2.89. The standard InChI is InChI=1S/C16H13FN2O3/c1-10-14(9-21-16(20)13-3-2-8-18-13)19-22-15(10)11-4-6-12(17)7-5-11/h2-8,18H,9H2,1H3. The second-order valence-corrected chi connectivity index (χ2v) is 4.75. The van der Waals surface area contributed by atoms with Gasteiger partial charge in [0.15, 0.2) is 5.76 Å². The van der Waals surface area contributed by atoms with Crippen molar-refractivity contribution in [3.63, 3.8) is 0 Å². The summed E-state index contributed by atoms with van der Waals surface area (Å²) in [6, 6.07) is 9.26. The van der Waals surface area contributed by atoms with E-state index in [4.69, 9.17) is 9.26 Å². The first-order valence-electron chi connectivity index (χ1n) is 6.67.